The van der Waals surface area contributed by atoms with Crippen molar-refractivity contribution in [3.63, 3.8) is 0 Å². The highest BCUT2D eigenvalue weighted by atomic mass is 16.5. The molecule has 5 aromatic rings. The molecular formula is C32H28O6. The van der Waals surface area contributed by atoms with Crippen molar-refractivity contribution in [2.75, 3.05) is 13.7 Å². The van der Waals surface area contributed by atoms with Crippen molar-refractivity contribution in [3.8, 4) is 34.3 Å². The summed E-state index contributed by atoms with van der Waals surface area (Å²) in [5, 5.41) is 20.9. The first-order valence-corrected chi connectivity index (χ1v) is 12.4. The molecule has 0 aliphatic carbocycles. The molecule has 5 rings (SSSR count). The Morgan fingerprint density at radius 2 is 1.39 bits per heavy atom. The summed E-state index contributed by atoms with van der Waals surface area (Å²) in [6.45, 7) is 0.339. The van der Waals surface area contributed by atoms with Gasteiger partial charge < -0.3 is 24.1 Å². The fourth-order valence-corrected chi connectivity index (χ4v) is 4.56. The van der Waals surface area contributed by atoms with Crippen molar-refractivity contribution in [2.45, 2.75) is 19.3 Å². The summed E-state index contributed by atoms with van der Waals surface area (Å²) in [6.07, 6.45) is 1.80. The van der Waals surface area contributed by atoms with E-state index in [1.807, 2.05) is 60.7 Å². The molecule has 192 valence electrons. The first-order chi connectivity index (χ1) is 18.5. The molecule has 1 aromatic heterocycles. The molecule has 38 heavy (non-hydrogen) atoms. The van der Waals surface area contributed by atoms with E-state index in [9.17, 15) is 15.0 Å². The molecule has 0 aliphatic heterocycles. The maximum absolute atomic E-state index is 13.3. The van der Waals surface area contributed by atoms with Crippen molar-refractivity contribution in [1.29, 1.82) is 0 Å². The van der Waals surface area contributed by atoms with E-state index < -0.39 is 5.43 Å². The van der Waals surface area contributed by atoms with E-state index in [2.05, 4.69) is 0 Å². The van der Waals surface area contributed by atoms with Gasteiger partial charge >= 0.3 is 0 Å². The Balaban J connectivity index is 1.64. The van der Waals surface area contributed by atoms with Crippen molar-refractivity contribution in [1.82, 2.24) is 0 Å². The summed E-state index contributed by atoms with van der Waals surface area (Å²) in [7, 11) is 1.44. The lowest BCUT2D eigenvalue weighted by molar-refractivity contribution is 0.287. The number of fused-ring (bicyclic) bond motifs is 1. The molecule has 0 radical (unpaired) electrons. The molecule has 0 unspecified atom stereocenters. The van der Waals surface area contributed by atoms with Crippen LogP contribution in [0.4, 0.5) is 0 Å². The zero-order valence-corrected chi connectivity index (χ0v) is 21.0. The van der Waals surface area contributed by atoms with Gasteiger partial charge in [-0.1, -0.05) is 60.7 Å². The van der Waals surface area contributed by atoms with Gasteiger partial charge in [0.15, 0.2) is 16.9 Å². The molecule has 0 fully saturated rings. The Bertz CT molecular complexity index is 1590. The first-order valence-electron chi connectivity index (χ1n) is 12.4. The third-order valence-electron chi connectivity index (χ3n) is 6.50. The van der Waals surface area contributed by atoms with E-state index in [1.54, 1.807) is 12.1 Å². The van der Waals surface area contributed by atoms with Crippen LogP contribution in [-0.2, 0) is 19.3 Å². The van der Waals surface area contributed by atoms with Gasteiger partial charge in [-0.15, -0.1) is 0 Å². The van der Waals surface area contributed by atoms with Crippen LogP contribution in [0, 0.1) is 0 Å². The van der Waals surface area contributed by atoms with Crippen LogP contribution in [-0.4, -0.2) is 23.9 Å². The Morgan fingerprint density at radius 3 is 2.03 bits per heavy atom. The molecule has 0 bridgehead atoms. The van der Waals surface area contributed by atoms with Crippen LogP contribution in [0.3, 0.4) is 0 Å². The molecule has 0 saturated carbocycles. The lowest BCUT2D eigenvalue weighted by Crippen LogP contribution is -2.10. The second-order valence-electron chi connectivity index (χ2n) is 8.99. The smallest absolute Gasteiger partial charge is 0.204 e. The second-order valence-corrected chi connectivity index (χ2v) is 8.99. The number of aryl methyl sites for hydroxylation is 2. The maximum atomic E-state index is 13.3. The first kappa shape index (κ1) is 25.0. The highest BCUT2D eigenvalue weighted by molar-refractivity contribution is 5.93. The molecule has 1 heterocycles. The number of benzene rings is 4. The van der Waals surface area contributed by atoms with Gasteiger partial charge in [-0.25, -0.2) is 0 Å². The molecule has 0 saturated heterocycles. The standard InChI is InChI=1S/C32H28O6/c1-36-32-29(35)28-26(34)20-27(23-13-15-24(33)16-14-23)38-30(28)25(17-12-21-8-4-2-5-9-21)31(32)37-19-18-22-10-6-3-7-11-22/h2-11,13-16,20,33,35H,12,17-19H2,1H3. The van der Waals surface area contributed by atoms with E-state index in [1.165, 1.54) is 25.3 Å². The van der Waals surface area contributed by atoms with Gasteiger partial charge in [0, 0.05) is 23.6 Å². The molecule has 2 N–H and O–H groups in total. The number of rotatable bonds is 9. The van der Waals surface area contributed by atoms with Crippen LogP contribution in [0.5, 0.6) is 23.0 Å². The average Bonchev–Trinajstić information content (AvgIpc) is 2.94. The van der Waals surface area contributed by atoms with Gasteiger partial charge in [-0.2, -0.15) is 0 Å². The Kier molecular flexibility index (Phi) is 7.31. The molecule has 0 aliphatic rings. The summed E-state index contributed by atoms with van der Waals surface area (Å²) in [4.78, 5) is 13.3. The van der Waals surface area contributed by atoms with E-state index in [4.69, 9.17) is 13.9 Å². The number of phenolic OH excluding ortho intramolecular Hbond substituents is 2. The lowest BCUT2D eigenvalue weighted by Gasteiger charge is -2.19. The van der Waals surface area contributed by atoms with E-state index in [0.29, 0.717) is 48.5 Å². The summed E-state index contributed by atoms with van der Waals surface area (Å²) in [5.74, 6) is 0.584. The maximum Gasteiger partial charge on any atom is 0.204 e. The fourth-order valence-electron chi connectivity index (χ4n) is 4.56. The summed E-state index contributed by atoms with van der Waals surface area (Å²) in [5.41, 5.74) is 3.34. The molecule has 6 heteroatoms. The van der Waals surface area contributed by atoms with Crippen molar-refractivity contribution in [3.05, 3.63) is 118 Å². The topological polar surface area (TPSA) is 89.1 Å². The third kappa shape index (κ3) is 5.20. The van der Waals surface area contributed by atoms with Crippen LogP contribution in [0.2, 0.25) is 0 Å². The second kappa shape index (κ2) is 11.1. The lowest BCUT2D eigenvalue weighted by atomic mass is 9.99. The normalized spacial score (nSPS) is 11.0. The highest BCUT2D eigenvalue weighted by Crippen LogP contribution is 2.46. The molecule has 0 spiro atoms. The van der Waals surface area contributed by atoms with Crippen LogP contribution >= 0.6 is 0 Å². The molecular weight excluding hydrogens is 480 g/mol. The van der Waals surface area contributed by atoms with Gasteiger partial charge in [0.2, 0.25) is 5.75 Å². The number of hydrogen-bond donors (Lipinski definition) is 2. The summed E-state index contributed by atoms with van der Waals surface area (Å²) >= 11 is 0. The number of aromatic hydroxyl groups is 2. The Morgan fingerprint density at radius 1 is 0.763 bits per heavy atom. The van der Waals surface area contributed by atoms with Gasteiger partial charge in [0.05, 0.1) is 13.7 Å². The zero-order chi connectivity index (χ0) is 26.5. The highest BCUT2D eigenvalue weighted by Gasteiger charge is 2.26. The summed E-state index contributed by atoms with van der Waals surface area (Å²) < 4.78 is 18.1. The third-order valence-corrected chi connectivity index (χ3v) is 6.50. The number of phenols is 2. The zero-order valence-electron chi connectivity index (χ0n) is 21.0. The van der Waals surface area contributed by atoms with Crippen molar-refractivity contribution >= 4 is 11.0 Å². The molecule has 0 atom stereocenters. The molecule has 4 aromatic carbocycles. The van der Waals surface area contributed by atoms with Crippen molar-refractivity contribution in [2.24, 2.45) is 0 Å². The van der Waals surface area contributed by atoms with Crippen molar-refractivity contribution < 1.29 is 24.1 Å². The fraction of sp³-hybridized carbons (Fsp3) is 0.156. The van der Waals surface area contributed by atoms with E-state index in [0.717, 1.165) is 11.1 Å². The largest absolute Gasteiger partial charge is 0.508 e. The van der Waals surface area contributed by atoms with Gasteiger partial charge in [0.25, 0.3) is 0 Å². The van der Waals surface area contributed by atoms with Gasteiger partial charge in [-0.05, 0) is 48.2 Å². The minimum atomic E-state index is -0.401. The monoisotopic (exact) mass is 508 g/mol. The molecule has 6 nitrogen and oxygen atoms in total. The quantitative estimate of drug-likeness (QED) is 0.243. The minimum Gasteiger partial charge on any atom is -0.508 e. The average molecular weight is 509 g/mol. The SMILES string of the molecule is COc1c(OCCc2ccccc2)c(CCc2ccccc2)c2oc(-c3ccc(O)cc3)cc(=O)c2c1O. The Hall–Kier alpha value is -4.71. The van der Waals surface area contributed by atoms with Crippen LogP contribution < -0.4 is 14.9 Å². The summed E-state index contributed by atoms with van der Waals surface area (Å²) in [6, 6.07) is 27.7. The van der Waals surface area contributed by atoms with Gasteiger partial charge in [0.1, 0.15) is 22.5 Å². The van der Waals surface area contributed by atoms with Crippen LogP contribution in [0.1, 0.15) is 16.7 Å². The number of hydrogen-bond acceptors (Lipinski definition) is 6. The predicted octanol–water partition coefficient (Wildman–Crippen LogP) is 6.29. The minimum absolute atomic E-state index is 0.0443. The predicted molar refractivity (Wildman–Crippen MR) is 147 cm³/mol. The Labute approximate surface area is 220 Å². The van der Waals surface area contributed by atoms with Gasteiger partial charge in [-0.3, -0.25) is 4.79 Å². The van der Waals surface area contributed by atoms with Crippen LogP contribution in [0.15, 0.2) is 100 Å². The number of methoxy groups -OCH3 is 1. The van der Waals surface area contributed by atoms with E-state index in [-0.39, 0.29) is 28.2 Å². The number of ether oxygens (including phenoxy) is 2. The van der Waals surface area contributed by atoms with Crippen LogP contribution in [0.25, 0.3) is 22.3 Å². The molecule has 0 amide bonds. The van der Waals surface area contributed by atoms with E-state index >= 15 is 0 Å².